The Balaban J connectivity index is 2.66. The van der Waals surface area contributed by atoms with Crippen molar-refractivity contribution < 1.29 is 0 Å². The van der Waals surface area contributed by atoms with Gasteiger partial charge in [0.05, 0.1) is 6.20 Å². The van der Waals surface area contributed by atoms with Gasteiger partial charge in [0.15, 0.2) is 0 Å². The zero-order valence-electron chi connectivity index (χ0n) is 8.64. The van der Waals surface area contributed by atoms with Gasteiger partial charge in [0.2, 0.25) is 0 Å². The van der Waals surface area contributed by atoms with Crippen molar-refractivity contribution in [3.8, 4) is 11.1 Å². The molecule has 0 atom stereocenters. The summed E-state index contributed by atoms with van der Waals surface area (Å²) in [6.45, 7) is 0. The zero-order chi connectivity index (χ0) is 11.7. The molecule has 1 heterocycles. The van der Waals surface area contributed by atoms with Crippen molar-refractivity contribution in [1.82, 2.24) is 9.78 Å². The Morgan fingerprint density at radius 1 is 1.44 bits per heavy atom. The van der Waals surface area contributed by atoms with E-state index in [-0.39, 0.29) is 11.2 Å². The highest BCUT2D eigenvalue weighted by Gasteiger charge is 2.08. The minimum atomic E-state index is -0.280. The van der Waals surface area contributed by atoms with Crippen LogP contribution in [0.2, 0.25) is 0 Å². The van der Waals surface area contributed by atoms with Crippen molar-refractivity contribution in [3.05, 3.63) is 45.3 Å². The smallest absolute Gasteiger partial charge is 0.290 e. The molecule has 0 bridgehead atoms. The van der Waals surface area contributed by atoms with Gasteiger partial charge in [-0.05, 0) is 17.7 Å². The van der Waals surface area contributed by atoms with E-state index in [1.807, 2.05) is 24.3 Å². The number of nitrogens with zero attached hydrogens (tertiary/aromatic N) is 2. The fourth-order valence-electron chi connectivity index (χ4n) is 1.44. The van der Waals surface area contributed by atoms with Gasteiger partial charge in [0.25, 0.3) is 5.56 Å². The Labute approximate surface area is 101 Å². The van der Waals surface area contributed by atoms with E-state index >= 15 is 0 Å². The molecule has 0 saturated heterocycles. The number of anilines is 1. The molecule has 0 aliphatic carbocycles. The quantitative estimate of drug-likeness (QED) is 0.866. The Hall–Kier alpha value is -1.62. The molecule has 0 saturated carbocycles. The van der Waals surface area contributed by atoms with Crippen molar-refractivity contribution >= 4 is 21.6 Å². The number of aryl methyl sites for hydroxylation is 1. The summed E-state index contributed by atoms with van der Waals surface area (Å²) in [6.07, 6.45) is 1.60. The zero-order valence-corrected chi connectivity index (χ0v) is 10.2. The van der Waals surface area contributed by atoms with Crippen molar-refractivity contribution in [1.29, 1.82) is 0 Å². The topological polar surface area (TPSA) is 60.9 Å². The van der Waals surface area contributed by atoms with Gasteiger partial charge >= 0.3 is 0 Å². The first-order valence-corrected chi connectivity index (χ1v) is 5.46. The summed E-state index contributed by atoms with van der Waals surface area (Å²) in [5.74, 6) is 0. The lowest BCUT2D eigenvalue weighted by molar-refractivity contribution is 0.711. The third-order valence-electron chi connectivity index (χ3n) is 2.31. The lowest BCUT2D eigenvalue weighted by Gasteiger charge is -2.06. The number of rotatable bonds is 1. The number of benzene rings is 1. The van der Waals surface area contributed by atoms with Crippen LogP contribution in [0.1, 0.15) is 0 Å². The molecular weight excluding hydrogens is 270 g/mol. The molecule has 5 heteroatoms. The molecule has 2 N–H and O–H groups in total. The Morgan fingerprint density at radius 2 is 2.19 bits per heavy atom. The van der Waals surface area contributed by atoms with Crippen molar-refractivity contribution in [2.75, 3.05) is 5.73 Å². The molecule has 16 heavy (non-hydrogen) atoms. The standard InChI is InChI=1S/C11H10BrN3O/c1-15-11(16)10(13)9(6-14-15)7-3-2-4-8(12)5-7/h2-6H,13H2,1H3. The average Bonchev–Trinajstić information content (AvgIpc) is 2.26. The molecule has 2 aromatic rings. The molecule has 0 amide bonds. The molecule has 0 radical (unpaired) electrons. The molecule has 2 rings (SSSR count). The Kier molecular flexibility index (Phi) is 2.78. The highest BCUT2D eigenvalue weighted by molar-refractivity contribution is 9.10. The summed E-state index contributed by atoms with van der Waals surface area (Å²) in [6, 6.07) is 7.58. The fourth-order valence-corrected chi connectivity index (χ4v) is 1.84. The van der Waals surface area contributed by atoms with Crippen LogP contribution in [0.25, 0.3) is 11.1 Å². The molecule has 1 aromatic heterocycles. The van der Waals surface area contributed by atoms with Gasteiger partial charge in [0, 0.05) is 17.1 Å². The van der Waals surface area contributed by atoms with Gasteiger partial charge in [-0.15, -0.1) is 0 Å². The second-order valence-corrected chi connectivity index (χ2v) is 4.33. The largest absolute Gasteiger partial charge is 0.394 e. The summed E-state index contributed by atoms with van der Waals surface area (Å²) in [5.41, 5.74) is 7.24. The van der Waals surface area contributed by atoms with E-state index in [1.54, 1.807) is 13.2 Å². The van der Waals surface area contributed by atoms with Gasteiger partial charge < -0.3 is 5.73 Å². The van der Waals surface area contributed by atoms with E-state index in [4.69, 9.17) is 5.73 Å². The highest BCUT2D eigenvalue weighted by Crippen LogP contribution is 2.24. The molecule has 0 aliphatic heterocycles. The second-order valence-electron chi connectivity index (χ2n) is 3.41. The van der Waals surface area contributed by atoms with Crippen LogP contribution in [0, 0.1) is 0 Å². The number of hydrogen-bond acceptors (Lipinski definition) is 3. The van der Waals surface area contributed by atoms with Crippen molar-refractivity contribution in [2.45, 2.75) is 0 Å². The average molecular weight is 280 g/mol. The van der Waals surface area contributed by atoms with Crippen LogP contribution in [0.4, 0.5) is 5.69 Å². The summed E-state index contributed by atoms with van der Waals surface area (Å²) >= 11 is 3.37. The van der Waals surface area contributed by atoms with Gasteiger partial charge in [-0.3, -0.25) is 4.79 Å². The summed E-state index contributed by atoms with van der Waals surface area (Å²) in [5, 5.41) is 3.95. The van der Waals surface area contributed by atoms with E-state index < -0.39 is 0 Å². The normalized spacial score (nSPS) is 10.4. The van der Waals surface area contributed by atoms with Gasteiger partial charge in [0.1, 0.15) is 5.69 Å². The number of nitrogens with two attached hydrogens (primary N) is 1. The van der Waals surface area contributed by atoms with Crippen molar-refractivity contribution in [2.24, 2.45) is 7.05 Å². The van der Waals surface area contributed by atoms with Crippen LogP contribution in [0.15, 0.2) is 39.7 Å². The lowest BCUT2D eigenvalue weighted by Crippen LogP contribution is -2.22. The second kappa shape index (κ2) is 4.09. The molecule has 0 spiro atoms. The van der Waals surface area contributed by atoms with Crippen LogP contribution in [-0.2, 0) is 7.05 Å². The Bertz CT molecular complexity index is 592. The predicted molar refractivity (Wildman–Crippen MR) is 67.0 cm³/mol. The first-order valence-electron chi connectivity index (χ1n) is 4.67. The number of hydrogen-bond donors (Lipinski definition) is 1. The van der Waals surface area contributed by atoms with E-state index in [1.165, 1.54) is 4.68 Å². The SMILES string of the molecule is Cn1ncc(-c2cccc(Br)c2)c(N)c1=O. The van der Waals surface area contributed by atoms with Gasteiger partial charge in [-0.25, -0.2) is 4.68 Å². The third-order valence-corrected chi connectivity index (χ3v) is 2.80. The maximum atomic E-state index is 11.6. The highest BCUT2D eigenvalue weighted by atomic mass is 79.9. The van der Waals surface area contributed by atoms with Crippen LogP contribution in [-0.4, -0.2) is 9.78 Å². The molecule has 0 unspecified atom stereocenters. The first kappa shape index (κ1) is 10.9. The van der Waals surface area contributed by atoms with E-state index in [0.717, 1.165) is 10.0 Å². The molecule has 0 fully saturated rings. The number of halogens is 1. The monoisotopic (exact) mass is 279 g/mol. The maximum Gasteiger partial charge on any atom is 0.290 e. The summed E-state index contributed by atoms with van der Waals surface area (Å²) < 4.78 is 2.15. The molecule has 1 aromatic carbocycles. The van der Waals surface area contributed by atoms with Gasteiger partial charge in [-0.2, -0.15) is 5.10 Å². The van der Waals surface area contributed by atoms with Crippen LogP contribution >= 0.6 is 15.9 Å². The number of nitrogen functional groups attached to an aromatic ring is 1. The minimum absolute atomic E-state index is 0.218. The van der Waals surface area contributed by atoms with Crippen molar-refractivity contribution in [3.63, 3.8) is 0 Å². The lowest BCUT2D eigenvalue weighted by atomic mass is 10.1. The Morgan fingerprint density at radius 3 is 2.88 bits per heavy atom. The van der Waals surface area contributed by atoms with E-state index in [0.29, 0.717) is 5.56 Å². The van der Waals surface area contributed by atoms with E-state index in [2.05, 4.69) is 21.0 Å². The molecule has 82 valence electrons. The van der Waals surface area contributed by atoms with Gasteiger partial charge in [-0.1, -0.05) is 28.1 Å². The predicted octanol–water partition coefficient (Wildman–Crippen LogP) is 1.79. The first-order chi connectivity index (χ1) is 7.59. The molecular formula is C11H10BrN3O. The van der Waals surface area contributed by atoms with Crippen LogP contribution < -0.4 is 11.3 Å². The summed E-state index contributed by atoms with van der Waals surface area (Å²) in [7, 11) is 1.57. The van der Waals surface area contributed by atoms with Crippen LogP contribution in [0.3, 0.4) is 0 Å². The minimum Gasteiger partial charge on any atom is -0.394 e. The third kappa shape index (κ3) is 1.86. The molecule has 4 nitrogen and oxygen atoms in total. The molecule has 0 aliphatic rings. The van der Waals surface area contributed by atoms with E-state index in [9.17, 15) is 4.79 Å². The van der Waals surface area contributed by atoms with Crippen LogP contribution in [0.5, 0.6) is 0 Å². The number of aromatic nitrogens is 2. The fraction of sp³-hybridized carbons (Fsp3) is 0.0909. The summed E-state index contributed by atoms with van der Waals surface area (Å²) in [4.78, 5) is 11.6. The maximum absolute atomic E-state index is 11.6.